The molecule has 1 spiro atoms. The van der Waals surface area contributed by atoms with Gasteiger partial charge in [-0.3, -0.25) is 9.52 Å². The van der Waals surface area contributed by atoms with E-state index in [4.69, 9.17) is 0 Å². The molecule has 0 unspecified atom stereocenters. The van der Waals surface area contributed by atoms with Crippen LogP contribution in [-0.4, -0.2) is 41.1 Å². The largest absolute Gasteiger partial charge is 0.307 e. The summed E-state index contributed by atoms with van der Waals surface area (Å²) in [6.07, 6.45) is 6.70. The van der Waals surface area contributed by atoms with Crippen molar-refractivity contribution in [3.63, 3.8) is 0 Å². The molecule has 0 atom stereocenters. The zero-order valence-corrected chi connectivity index (χ0v) is 21.3. The van der Waals surface area contributed by atoms with Crippen molar-refractivity contribution in [2.24, 2.45) is 0 Å². The maximum atomic E-state index is 13.6. The number of hydrogen-bond acceptors (Lipinski definition) is 5. The number of carbonyl (C=O) groups is 1. The number of amides is 1. The zero-order chi connectivity index (χ0) is 24.9. The van der Waals surface area contributed by atoms with E-state index in [2.05, 4.69) is 21.6 Å². The first-order valence-corrected chi connectivity index (χ1v) is 14.3. The second-order valence-corrected chi connectivity index (χ2v) is 13.5. The van der Waals surface area contributed by atoms with Crippen molar-refractivity contribution in [2.45, 2.75) is 49.5 Å². The van der Waals surface area contributed by atoms with E-state index in [1.807, 2.05) is 0 Å². The number of nitrogens with one attached hydrogen (secondary N) is 2. The Kier molecular flexibility index (Phi) is 5.90. The molecule has 10 heteroatoms. The van der Waals surface area contributed by atoms with Crippen molar-refractivity contribution in [3.8, 4) is 0 Å². The first-order chi connectivity index (χ1) is 15.7. The van der Waals surface area contributed by atoms with Crippen molar-refractivity contribution in [3.05, 3.63) is 65.7 Å². The van der Waals surface area contributed by atoms with Crippen molar-refractivity contribution in [1.82, 2.24) is 4.72 Å². The highest BCUT2D eigenvalue weighted by Crippen LogP contribution is 2.49. The molecule has 1 aliphatic heterocycles. The quantitative estimate of drug-likeness (QED) is 0.608. The van der Waals surface area contributed by atoms with E-state index in [0.29, 0.717) is 17.9 Å². The first kappa shape index (κ1) is 24.4. The molecule has 2 aromatic carbocycles. The molecule has 0 fully saturated rings. The van der Waals surface area contributed by atoms with E-state index in [1.54, 1.807) is 56.0 Å². The molecule has 0 saturated carbocycles. The molecule has 2 N–H and O–H groups in total. The van der Waals surface area contributed by atoms with Crippen LogP contribution in [0.3, 0.4) is 0 Å². The monoisotopic (exact) mass is 503 g/mol. The van der Waals surface area contributed by atoms with Crippen LogP contribution in [0.2, 0.25) is 0 Å². The molecular weight excluding hydrogens is 474 g/mol. The minimum atomic E-state index is -3.80. The Morgan fingerprint density at radius 2 is 1.68 bits per heavy atom. The number of allylic oxidation sites excluding steroid dienone is 2. The van der Waals surface area contributed by atoms with Crippen LogP contribution in [0.25, 0.3) is 0 Å². The van der Waals surface area contributed by atoms with Gasteiger partial charge in [-0.2, -0.15) is 0 Å². The Labute approximate surface area is 201 Å². The van der Waals surface area contributed by atoms with E-state index < -0.39 is 25.6 Å². The van der Waals surface area contributed by atoms with E-state index >= 15 is 0 Å². The third-order valence-corrected chi connectivity index (χ3v) is 8.25. The summed E-state index contributed by atoms with van der Waals surface area (Å²) in [5.74, 6) is -0.304. The van der Waals surface area contributed by atoms with Gasteiger partial charge in [0.1, 0.15) is 0 Å². The van der Waals surface area contributed by atoms with Crippen LogP contribution in [0.4, 0.5) is 11.4 Å². The van der Waals surface area contributed by atoms with Crippen LogP contribution in [0, 0.1) is 0 Å². The van der Waals surface area contributed by atoms with E-state index in [9.17, 15) is 21.6 Å². The summed E-state index contributed by atoms with van der Waals surface area (Å²) in [4.78, 5) is 15.3. The lowest BCUT2D eigenvalue weighted by Crippen LogP contribution is -2.40. The van der Waals surface area contributed by atoms with Gasteiger partial charge in [-0.15, -0.1) is 0 Å². The number of sulfonamides is 2. The standard InChI is InChI=1S/C24H29N3O5S2/c1-23(2,3)26-34(31,32)19-9-7-8-17(14-19)22(28)27-16-24(12-5-6-13-24)20-15-18(10-11-21(20)27)25-33(4,29)30/h5-11,14-15,25-26H,12-13,16H2,1-4H3. The van der Waals surface area contributed by atoms with Crippen LogP contribution in [-0.2, 0) is 25.5 Å². The molecular formula is C24H29N3O5S2. The van der Waals surface area contributed by atoms with Gasteiger partial charge >= 0.3 is 0 Å². The zero-order valence-electron chi connectivity index (χ0n) is 19.6. The molecule has 4 rings (SSSR count). The fourth-order valence-corrected chi connectivity index (χ4v) is 6.61. The van der Waals surface area contributed by atoms with E-state index in [0.717, 1.165) is 24.7 Å². The number of fused-ring (bicyclic) bond motifs is 2. The Morgan fingerprint density at radius 1 is 1.00 bits per heavy atom. The second kappa shape index (κ2) is 8.21. The van der Waals surface area contributed by atoms with Crippen molar-refractivity contribution in [1.29, 1.82) is 0 Å². The van der Waals surface area contributed by atoms with E-state index in [-0.39, 0.29) is 21.8 Å². The van der Waals surface area contributed by atoms with Gasteiger partial charge in [0.25, 0.3) is 5.91 Å². The lowest BCUT2D eigenvalue weighted by molar-refractivity contribution is 0.0985. The van der Waals surface area contributed by atoms with Crippen LogP contribution < -0.4 is 14.3 Å². The van der Waals surface area contributed by atoms with Gasteiger partial charge in [0.15, 0.2) is 0 Å². The van der Waals surface area contributed by atoms with E-state index in [1.165, 1.54) is 12.1 Å². The maximum absolute atomic E-state index is 13.6. The molecule has 182 valence electrons. The van der Waals surface area contributed by atoms with Crippen molar-refractivity contribution >= 4 is 37.3 Å². The number of carbonyl (C=O) groups excluding carboxylic acids is 1. The van der Waals surface area contributed by atoms with Gasteiger partial charge in [0.05, 0.1) is 11.2 Å². The summed E-state index contributed by atoms with van der Waals surface area (Å²) in [5.41, 5.74) is 1.32. The lowest BCUT2D eigenvalue weighted by atomic mass is 9.80. The van der Waals surface area contributed by atoms with Gasteiger partial charge in [-0.1, -0.05) is 18.2 Å². The number of nitrogens with zero attached hydrogens (tertiary/aromatic N) is 1. The highest BCUT2D eigenvalue weighted by atomic mass is 32.2. The highest BCUT2D eigenvalue weighted by molar-refractivity contribution is 7.92. The highest BCUT2D eigenvalue weighted by Gasteiger charge is 2.45. The molecule has 2 aliphatic rings. The van der Waals surface area contributed by atoms with Crippen molar-refractivity contribution < 1.29 is 21.6 Å². The third-order valence-electron chi connectivity index (χ3n) is 5.88. The number of anilines is 2. The average molecular weight is 504 g/mol. The minimum Gasteiger partial charge on any atom is -0.307 e. The van der Waals surface area contributed by atoms with Gasteiger partial charge < -0.3 is 4.90 Å². The summed E-state index contributed by atoms with van der Waals surface area (Å²) in [7, 11) is -7.24. The summed E-state index contributed by atoms with van der Waals surface area (Å²) < 4.78 is 54.2. The Morgan fingerprint density at radius 3 is 2.29 bits per heavy atom. The van der Waals surface area contributed by atoms with Gasteiger partial charge in [0.2, 0.25) is 20.0 Å². The SMILES string of the molecule is CC(C)(C)NS(=O)(=O)c1cccc(C(=O)N2CC3(CC=CC3)c3cc(NS(C)(=O)=O)ccc32)c1. The maximum Gasteiger partial charge on any atom is 0.258 e. The lowest BCUT2D eigenvalue weighted by Gasteiger charge is -2.25. The molecule has 1 heterocycles. The fraction of sp³-hybridized carbons (Fsp3) is 0.375. The molecule has 0 bridgehead atoms. The summed E-state index contributed by atoms with van der Waals surface area (Å²) in [6, 6.07) is 11.2. The van der Waals surface area contributed by atoms with Crippen LogP contribution >= 0.6 is 0 Å². The molecule has 0 radical (unpaired) electrons. The molecule has 0 saturated heterocycles. The summed E-state index contributed by atoms with van der Waals surface area (Å²) in [5, 5.41) is 0. The molecule has 34 heavy (non-hydrogen) atoms. The molecule has 8 nitrogen and oxygen atoms in total. The summed E-state index contributed by atoms with van der Waals surface area (Å²) in [6.45, 7) is 5.68. The number of rotatable bonds is 5. The predicted molar refractivity (Wildman–Crippen MR) is 133 cm³/mol. The number of hydrogen-bond donors (Lipinski definition) is 2. The van der Waals surface area contributed by atoms with Crippen LogP contribution in [0.15, 0.2) is 59.5 Å². The van der Waals surface area contributed by atoms with Crippen LogP contribution in [0.5, 0.6) is 0 Å². The van der Waals surface area contributed by atoms with Gasteiger partial charge in [-0.05, 0) is 75.6 Å². The molecule has 1 amide bonds. The molecule has 2 aromatic rings. The predicted octanol–water partition coefficient (Wildman–Crippen LogP) is 3.38. The van der Waals surface area contributed by atoms with Gasteiger partial charge in [0, 0.05) is 34.4 Å². The van der Waals surface area contributed by atoms with Crippen LogP contribution in [0.1, 0.15) is 49.5 Å². The average Bonchev–Trinajstić information content (AvgIpc) is 3.30. The first-order valence-electron chi connectivity index (χ1n) is 10.9. The normalized spacial score (nSPS) is 17.2. The molecule has 1 aliphatic carbocycles. The minimum absolute atomic E-state index is 0.0256. The Balaban J connectivity index is 1.71. The number of benzene rings is 2. The van der Waals surface area contributed by atoms with Crippen molar-refractivity contribution in [2.75, 3.05) is 22.4 Å². The summed E-state index contributed by atoms with van der Waals surface area (Å²) >= 11 is 0. The smallest absolute Gasteiger partial charge is 0.258 e. The fourth-order valence-electron chi connectivity index (χ4n) is 4.59. The second-order valence-electron chi connectivity index (χ2n) is 10.0. The Hall–Kier alpha value is -2.69. The van der Waals surface area contributed by atoms with Gasteiger partial charge in [-0.25, -0.2) is 21.6 Å². The third kappa shape index (κ3) is 4.89. The Bertz CT molecular complexity index is 1380. The molecule has 0 aromatic heterocycles. The topological polar surface area (TPSA) is 113 Å².